The Hall–Kier alpha value is -2.27. The normalized spacial score (nSPS) is 10.3. The van der Waals surface area contributed by atoms with Crippen LogP contribution in [0.15, 0.2) is 34.7 Å². The molecule has 1 aromatic carbocycles. The molecule has 0 aliphatic rings. The number of rotatable bonds is 4. The van der Waals surface area contributed by atoms with E-state index in [4.69, 9.17) is 14.3 Å². The summed E-state index contributed by atoms with van der Waals surface area (Å²) in [6, 6.07) is 8.81. The summed E-state index contributed by atoms with van der Waals surface area (Å²) in [7, 11) is 1.54. The second-order valence-corrected chi connectivity index (χ2v) is 4.02. The smallest absolute Gasteiger partial charge is 0.221 e. The van der Waals surface area contributed by atoms with Gasteiger partial charge in [-0.3, -0.25) is 4.79 Å². The minimum atomic E-state index is -0.175. The Kier molecular flexibility index (Phi) is 3.87. The Balaban J connectivity index is 2.38. The molecule has 0 radical (unpaired) electrons. The molecule has 2 N–H and O–H groups in total. The van der Waals surface area contributed by atoms with Crippen molar-refractivity contribution >= 4 is 11.6 Å². The van der Waals surface area contributed by atoms with Gasteiger partial charge in [-0.05, 0) is 30.3 Å². The fraction of sp³-hybridized carbons (Fsp3) is 0.214. The Bertz CT molecular complexity index is 589. The first-order chi connectivity index (χ1) is 9.13. The van der Waals surface area contributed by atoms with Crippen LogP contribution < -0.4 is 10.1 Å². The number of anilines is 1. The van der Waals surface area contributed by atoms with Crippen molar-refractivity contribution < 1.29 is 19.1 Å². The first-order valence-corrected chi connectivity index (χ1v) is 5.79. The first kappa shape index (κ1) is 13.2. The van der Waals surface area contributed by atoms with Gasteiger partial charge in [-0.2, -0.15) is 0 Å². The Morgan fingerprint density at radius 3 is 2.74 bits per heavy atom. The second kappa shape index (κ2) is 5.58. The third-order valence-corrected chi connectivity index (χ3v) is 2.61. The predicted octanol–water partition coefficient (Wildman–Crippen LogP) is 2.41. The number of carbonyl (C=O) groups excluding carboxylic acids is 1. The number of ether oxygens (including phenoxy) is 1. The molecule has 100 valence electrons. The number of aliphatic hydroxyl groups excluding tert-OH is 1. The van der Waals surface area contributed by atoms with E-state index in [-0.39, 0.29) is 12.5 Å². The monoisotopic (exact) mass is 261 g/mol. The lowest BCUT2D eigenvalue weighted by Gasteiger charge is -2.10. The van der Waals surface area contributed by atoms with E-state index in [0.29, 0.717) is 23.0 Å². The Morgan fingerprint density at radius 1 is 1.37 bits per heavy atom. The topological polar surface area (TPSA) is 71.7 Å². The summed E-state index contributed by atoms with van der Waals surface area (Å²) in [6.07, 6.45) is 0. The molecule has 19 heavy (non-hydrogen) atoms. The third-order valence-electron chi connectivity index (χ3n) is 2.61. The van der Waals surface area contributed by atoms with Crippen molar-refractivity contribution in [1.82, 2.24) is 0 Å². The number of carbonyl (C=O) groups is 1. The van der Waals surface area contributed by atoms with Crippen LogP contribution in [-0.4, -0.2) is 18.1 Å². The molecule has 2 rings (SSSR count). The van der Waals surface area contributed by atoms with Gasteiger partial charge in [0.25, 0.3) is 0 Å². The van der Waals surface area contributed by atoms with Crippen molar-refractivity contribution in [3.63, 3.8) is 0 Å². The number of hydrogen-bond donors (Lipinski definition) is 2. The Morgan fingerprint density at radius 2 is 2.16 bits per heavy atom. The molecule has 0 atom stereocenters. The minimum Gasteiger partial charge on any atom is -0.495 e. The fourth-order valence-electron chi connectivity index (χ4n) is 1.77. The zero-order valence-corrected chi connectivity index (χ0v) is 10.8. The van der Waals surface area contributed by atoms with E-state index < -0.39 is 0 Å². The van der Waals surface area contributed by atoms with Gasteiger partial charge in [0.1, 0.15) is 23.9 Å². The Labute approximate surface area is 110 Å². The summed E-state index contributed by atoms with van der Waals surface area (Å²) in [6.45, 7) is 1.29. The maximum atomic E-state index is 11.2. The van der Waals surface area contributed by atoms with Crippen molar-refractivity contribution in [2.45, 2.75) is 13.5 Å². The lowest BCUT2D eigenvalue weighted by molar-refractivity contribution is -0.114. The maximum absolute atomic E-state index is 11.2. The number of aliphatic hydroxyl groups is 1. The highest BCUT2D eigenvalue weighted by atomic mass is 16.5. The molecule has 0 saturated carbocycles. The summed E-state index contributed by atoms with van der Waals surface area (Å²) < 4.78 is 10.6. The SMILES string of the molecule is COc1ccc(-c2ccc(CO)o2)cc1NC(C)=O. The van der Waals surface area contributed by atoms with Gasteiger partial charge in [-0.1, -0.05) is 0 Å². The van der Waals surface area contributed by atoms with Crippen LogP contribution in [0.1, 0.15) is 12.7 Å². The largest absolute Gasteiger partial charge is 0.495 e. The molecule has 2 aromatic rings. The molecule has 0 saturated heterocycles. The van der Waals surface area contributed by atoms with Gasteiger partial charge < -0.3 is 19.6 Å². The zero-order valence-electron chi connectivity index (χ0n) is 10.8. The number of benzene rings is 1. The van der Waals surface area contributed by atoms with Crippen molar-refractivity contribution in [3.05, 3.63) is 36.1 Å². The summed E-state index contributed by atoms with van der Waals surface area (Å²) in [4.78, 5) is 11.2. The minimum absolute atomic E-state index is 0.144. The highest BCUT2D eigenvalue weighted by Crippen LogP contribution is 2.31. The van der Waals surface area contributed by atoms with Crippen molar-refractivity contribution in [1.29, 1.82) is 0 Å². The van der Waals surface area contributed by atoms with Gasteiger partial charge in [0, 0.05) is 12.5 Å². The van der Waals surface area contributed by atoms with Gasteiger partial charge in [0.05, 0.1) is 12.8 Å². The molecule has 0 bridgehead atoms. The first-order valence-electron chi connectivity index (χ1n) is 5.79. The number of hydrogen-bond acceptors (Lipinski definition) is 4. The molecule has 0 aliphatic heterocycles. The molecule has 0 aliphatic carbocycles. The van der Waals surface area contributed by atoms with E-state index in [0.717, 1.165) is 5.56 Å². The van der Waals surface area contributed by atoms with E-state index in [2.05, 4.69) is 5.32 Å². The molecule has 5 heteroatoms. The molecule has 1 heterocycles. The molecule has 0 spiro atoms. The number of furan rings is 1. The van der Waals surface area contributed by atoms with Crippen molar-refractivity contribution in [2.24, 2.45) is 0 Å². The summed E-state index contributed by atoms with van der Waals surface area (Å²) in [5, 5.41) is 11.7. The van der Waals surface area contributed by atoms with E-state index in [1.165, 1.54) is 14.0 Å². The average Bonchev–Trinajstić information content (AvgIpc) is 2.86. The molecule has 0 fully saturated rings. The molecule has 0 unspecified atom stereocenters. The quantitative estimate of drug-likeness (QED) is 0.886. The van der Waals surface area contributed by atoms with E-state index in [1.54, 1.807) is 24.3 Å². The maximum Gasteiger partial charge on any atom is 0.221 e. The van der Waals surface area contributed by atoms with Crippen LogP contribution in [0.5, 0.6) is 5.75 Å². The molecular formula is C14H15NO4. The summed E-state index contributed by atoms with van der Waals surface area (Å²) in [5.74, 6) is 1.52. The van der Waals surface area contributed by atoms with Gasteiger partial charge in [-0.25, -0.2) is 0 Å². The van der Waals surface area contributed by atoms with Crippen LogP contribution in [-0.2, 0) is 11.4 Å². The van der Waals surface area contributed by atoms with E-state index >= 15 is 0 Å². The number of nitrogens with one attached hydrogen (secondary N) is 1. The van der Waals surface area contributed by atoms with Crippen LogP contribution in [0.2, 0.25) is 0 Å². The average molecular weight is 261 g/mol. The molecular weight excluding hydrogens is 246 g/mol. The number of methoxy groups -OCH3 is 1. The van der Waals surface area contributed by atoms with Gasteiger partial charge in [-0.15, -0.1) is 0 Å². The van der Waals surface area contributed by atoms with E-state index in [9.17, 15) is 4.79 Å². The van der Waals surface area contributed by atoms with Crippen molar-refractivity contribution in [3.8, 4) is 17.1 Å². The fourth-order valence-corrected chi connectivity index (χ4v) is 1.77. The third kappa shape index (κ3) is 2.95. The molecule has 1 amide bonds. The van der Waals surface area contributed by atoms with Gasteiger partial charge in [0.15, 0.2) is 0 Å². The van der Waals surface area contributed by atoms with Crippen LogP contribution in [0.4, 0.5) is 5.69 Å². The van der Waals surface area contributed by atoms with Gasteiger partial charge >= 0.3 is 0 Å². The lowest BCUT2D eigenvalue weighted by Crippen LogP contribution is -2.07. The van der Waals surface area contributed by atoms with Crippen LogP contribution in [0.3, 0.4) is 0 Å². The van der Waals surface area contributed by atoms with Crippen LogP contribution >= 0.6 is 0 Å². The van der Waals surface area contributed by atoms with Crippen LogP contribution in [0, 0.1) is 0 Å². The van der Waals surface area contributed by atoms with Crippen molar-refractivity contribution in [2.75, 3.05) is 12.4 Å². The van der Waals surface area contributed by atoms with Gasteiger partial charge in [0.2, 0.25) is 5.91 Å². The number of amides is 1. The summed E-state index contributed by atoms with van der Waals surface area (Å²) in [5.41, 5.74) is 1.37. The highest BCUT2D eigenvalue weighted by molar-refractivity contribution is 5.91. The predicted molar refractivity (Wildman–Crippen MR) is 70.9 cm³/mol. The lowest BCUT2D eigenvalue weighted by atomic mass is 10.1. The van der Waals surface area contributed by atoms with E-state index in [1.807, 2.05) is 6.07 Å². The highest BCUT2D eigenvalue weighted by Gasteiger charge is 2.10. The molecule has 1 aromatic heterocycles. The second-order valence-electron chi connectivity index (χ2n) is 4.02. The van der Waals surface area contributed by atoms with Crippen LogP contribution in [0.25, 0.3) is 11.3 Å². The zero-order chi connectivity index (χ0) is 13.8. The standard InChI is InChI=1S/C14H15NO4/c1-9(17)15-12-7-10(3-5-14(12)18-2)13-6-4-11(8-16)19-13/h3-7,16H,8H2,1-2H3,(H,15,17). The molecule has 5 nitrogen and oxygen atoms in total. The summed E-state index contributed by atoms with van der Waals surface area (Å²) >= 11 is 0.